The van der Waals surface area contributed by atoms with Crippen LogP contribution in [-0.4, -0.2) is 34.4 Å². The summed E-state index contributed by atoms with van der Waals surface area (Å²) in [5.41, 5.74) is 0.0705. The van der Waals surface area contributed by atoms with Crippen LogP contribution in [0.15, 0.2) is 0 Å². The first kappa shape index (κ1) is 15.2. The van der Waals surface area contributed by atoms with Crippen molar-refractivity contribution in [2.24, 2.45) is 5.41 Å². The molecule has 1 rings (SSSR count). The van der Waals surface area contributed by atoms with Gasteiger partial charge in [0.1, 0.15) is 0 Å². The minimum absolute atomic E-state index is 0.00917. The molecule has 0 aromatic carbocycles. The van der Waals surface area contributed by atoms with E-state index in [1.807, 2.05) is 0 Å². The van der Waals surface area contributed by atoms with Crippen molar-refractivity contribution in [1.82, 2.24) is 0 Å². The zero-order chi connectivity index (χ0) is 12.9. The Kier molecular flexibility index (Phi) is 5.63. The van der Waals surface area contributed by atoms with Crippen LogP contribution < -0.4 is 0 Å². The van der Waals surface area contributed by atoms with E-state index in [-0.39, 0.29) is 11.7 Å². The standard InChI is InChI=1S/C13H28O3Si/c1-13(2,11-16-17(3,4)5)10-15-12-8-6-7-9-14-12/h12H,6-11H2,1-5H3/t12-/m1/s1. The lowest BCUT2D eigenvalue weighted by molar-refractivity contribution is -0.178. The Morgan fingerprint density at radius 1 is 1.18 bits per heavy atom. The third-order valence-corrected chi connectivity index (χ3v) is 3.70. The fraction of sp³-hybridized carbons (Fsp3) is 1.00. The Morgan fingerprint density at radius 3 is 2.41 bits per heavy atom. The fourth-order valence-electron chi connectivity index (χ4n) is 1.61. The minimum atomic E-state index is -1.42. The molecule has 102 valence electrons. The highest BCUT2D eigenvalue weighted by Gasteiger charge is 2.25. The summed E-state index contributed by atoms with van der Waals surface area (Å²) in [4.78, 5) is 0. The van der Waals surface area contributed by atoms with Crippen molar-refractivity contribution >= 4 is 8.32 Å². The summed E-state index contributed by atoms with van der Waals surface area (Å²) in [6.07, 6.45) is 3.43. The van der Waals surface area contributed by atoms with Gasteiger partial charge < -0.3 is 13.9 Å². The molecule has 0 aromatic heterocycles. The second-order valence-corrected chi connectivity index (χ2v) is 11.2. The van der Waals surface area contributed by atoms with Gasteiger partial charge in [-0.25, -0.2) is 0 Å². The quantitative estimate of drug-likeness (QED) is 0.685. The van der Waals surface area contributed by atoms with Gasteiger partial charge in [0, 0.05) is 18.6 Å². The Balaban J connectivity index is 2.23. The summed E-state index contributed by atoms with van der Waals surface area (Å²) in [7, 11) is -1.42. The molecule has 0 radical (unpaired) electrons. The Labute approximate surface area is 107 Å². The minimum Gasteiger partial charge on any atom is -0.417 e. The molecule has 0 unspecified atom stereocenters. The van der Waals surface area contributed by atoms with Crippen LogP contribution in [0.1, 0.15) is 33.1 Å². The first-order chi connectivity index (χ1) is 7.79. The smallest absolute Gasteiger partial charge is 0.183 e. The second kappa shape index (κ2) is 6.32. The van der Waals surface area contributed by atoms with Crippen LogP contribution >= 0.6 is 0 Å². The molecular formula is C13H28O3Si. The van der Waals surface area contributed by atoms with Crippen LogP contribution in [0.25, 0.3) is 0 Å². The lowest BCUT2D eigenvalue weighted by atomic mass is 9.96. The van der Waals surface area contributed by atoms with Crippen molar-refractivity contribution in [3.63, 3.8) is 0 Å². The molecule has 17 heavy (non-hydrogen) atoms. The van der Waals surface area contributed by atoms with E-state index in [0.717, 1.165) is 19.6 Å². The topological polar surface area (TPSA) is 27.7 Å². The predicted molar refractivity (Wildman–Crippen MR) is 72.6 cm³/mol. The third-order valence-electron chi connectivity index (χ3n) is 2.69. The van der Waals surface area contributed by atoms with E-state index in [9.17, 15) is 0 Å². The lowest BCUT2D eigenvalue weighted by Gasteiger charge is -2.31. The maximum Gasteiger partial charge on any atom is 0.183 e. The van der Waals surface area contributed by atoms with E-state index in [0.29, 0.717) is 6.61 Å². The molecule has 3 nitrogen and oxygen atoms in total. The molecule has 0 bridgehead atoms. The van der Waals surface area contributed by atoms with Gasteiger partial charge in [0.25, 0.3) is 0 Å². The summed E-state index contributed by atoms with van der Waals surface area (Å²) in [6.45, 7) is 13.4. The monoisotopic (exact) mass is 260 g/mol. The SMILES string of the molecule is CC(C)(CO[C@@H]1CCCCO1)CO[Si](C)(C)C. The lowest BCUT2D eigenvalue weighted by Crippen LogP contribution is -2.36. The average molecular weight is 260 g/mol. The molecule has 4 heteroatoms. The van der Waals surface area contributed by atoms with E-state index < -0.39 is 8.32 Å². The molecule has 0 saturated carbocycles. The molecule has 1 fully saturated rings. The third kappa shape index (κ3) is 7.19. The van der Waals surface area contributed by atoms with Crippen LogP contribution in [-0.2, 0) is 13.9 Å². The Bertz CT molecular complexity index is 217. The van der Waals surface area contributed by atoms with Crippen molar-refractivity contribution in [3.8, 4) is 0 Å². The number of hydrogen-bond donors (Lipinski definition) is 0. The van der Waals surface area contributed by atoms with Crippen molar-refractivity contribution in [3.05, 3.63) is 0 Å². The van der Waals surface area contributed by atoms with E-state index in [2.05, 4.69) is 33.5 Å². The highest BCUT2D eigenvalue weighted by Crippen LogP contribution is 2.22. The molecule has 1 aliphatic rings. The first-order valence-electron chi connectivity index (χ1n) is 6.66. The predicted octanol–water partition coefficient (Wildman–Crippen LogP) is 3.41. The van der Waals surface area contributed by atoms with Gasteiger partial charge in [0.2, 0.25) is 0 Å². The van der Waals surface area contributed by atoms with E-state index in [1.165, 1.54) is 12.8 Å². The molecule has 1 saturated heterocycles. The molecule has 0 spiro atoms. The summed E-state index contributed by atoms with van der Waals surface area (Å²) >= 11 is 0. The maximum atomic E-state index is 5.95. The van der Waals surface area contributed by atoms with Gasteiger partial charge in [-0.15, -0.1) is 0 Å². The van der Waals surface area contributed by atoms with Crippen LogP contribution in [0.2, 0.25) is 19.6 Å². The molecule has 0 aromatic rings. The van der Waals surface area contributed by atoms with Crippen LogP contribution in [0.5, 0.6) is 0 Å². The fourth-order valence-corrected chi connectivity index (χ4v) is 2.44. The van der Waals surface area contributed by atoms with Crippen molar-refractivity contribution in [2.45, 2.75) is 59.0 Å². The highest BCUT2D eigenvalue weighted by molar-refractivity contribution is 6.69. The number of hydrogen-bond acceptors (Lipinski definition) is 3. The summed E-state index contributed by atoms with van der Waals surface area (Å²) < 4.78 is 17.3. The highest BCUT2D eigenvalue weighted by atomic mass is 28.4. The molecular weight excluding hydrogens is 232 g/mol. The van der Waals surface area contributed by atoms with Gasteiger partial charge >= 0.3 is 0 Å². The zero-order valence-electron chi connectivity index (χ0n) is 12.0. The van der Waals surface area contributed by atoms with Crippen LogP contribution in [0.4, 0.5) is 0 Å². The second-order valence-electron chi connectivity index (χ2n) is 6.67. The molecule has 0 aliphatic carbocycles. The molecule has 1 aliphatic heterocycles. The Morgan fingerprint density at radius 2 is 1.88 bits per heavy atom. The molecule has 0 amide bonds. The summed E-state index contributed by atoms with van der Waals surface area (Å²) in [5.74, 6) is 0. The average Bonchev–Trinajstić information content (AvgIpc) is 2.25. The van der Waals surface area contributed by atoms with Gasteiger partial charge in [0.15, 0.2) is 14.6 Å². The molecule has 0 N–H and O–H groups in total. The first-order valence-corrected chi connectivity index (χ1v) is 10.1. The van der Waals surface area contributed by atoms with Crippen molar-refractivity contribution < 1.29 is 13.9 Å². The summed E-state index contributed by atoms with van der Waals surface area (Å²) in [5, 5.41) is 0. The Hall–Kier alpha value is 0.0969. The normalized spacial score (nSPS) is 22.8. The molecule has 1 heterocycles. The largest absolute Gasteiger partial charge is 0.417 e. The van der Waals surface area contributed by atoms with E-state index in [1.54, 1.807) is 0 Å². The van der Waals surface area contributed by atoms with E-state index in [4.69, 9.17) is 13.9 Å². The summed E-state index contributed by atoms with van der Waals surface area (Å²) in [6, 6.07) is 0. The van der Waals surface area contributed by atoms with Crippen LogP contribution in [0.3, 0.4) is 0 Å². The van der Waals surface area contributed by atoms with Crippen molar-refractivity contribution in [1.29, 1.82) is 0 Å². The maximum absolute atomic E-state index is 5.95. The number of rotatable bonds is 6. The van der Waals surface area contributed by atoms with Gasteiger partial charge in [-0.1, -0.05) is 13.8 Å². The zero-order valence-corrected chi connectivity index (χ0v) is 13.0. The van der Waals surface area contributed by atoms with E-state index >= 15 is 0 Å². The van der Waals surface area contributed by atoms with Crippen molar-refractivity contribution in [2.75, 3.05) is 19.8 Å². The number of ether oxygens (including phenoxy) is 2. The van der Waals surface area contributed by atoms with Gasteiger partial charge in [0.05, 0.1) is 6.61 Å². The molecule has 1 atom stereocenters. The van der Waals surface area contributed by atoms with Gasteiger partial charge in [-0.05, 0) is 38.9 Å². The van der Waals surface area contributed by atoms with Gasteiger partial charge in [-0.2, -0.15) is 0 Å². The van der Waals surface area contributed by atoms with Crippen LogP contribution in [0, 0.1) is 5.41 Å². The van der Waals surface area contributed by atoms with Gasteiger partial charge in [-0.3, -0.25) is 0 Å².